The Morgan fingerprint density at radius 3 is 2.70 bits per heavy atom. The van der Waals surface area contributed by atoms with Crippen molar-refractivity contribution >= 4 is 16.0 Å². The maximum absolute atomic E-state index is 12.5. The number of carboxylic acids is 1. The number of ether oxygens (including phenoxy) is 2. The van der Waals surface area contributed by atoms with Crippen LogP contribution in [-0.4, -0.2) is 62.3 Å². The summed E-state index contributed by atoms with van der Waals surface area (Å²) in [6, 6.07) is 0.995. The molecule has 1 aromatic rings. The number of likely N-dealkylation sites (N-methyl/N-ethyl adjacent to an activating group) is 1. The van der Waals surface area contributed by atoms with E-state index in [0.717, 1.165) is 16.6 Å². The first-order valence-corrected chi connectivity index (χ1v) is 8.64. The third kappa shape index (κ3) is 3.92. The van der Waals surface area contributed by atoms with Gasteiger partial charge < -0.3 is 19.0 Å². The molecule has 1 aromatic heterocycles. The molecule has 0 aliphatic carbocycles. The summed E-state index contributed by atoms with van der Waals surface area (Å²) in [4.78, 5) is 10.9. The van der Waals surface area contributed by atoms with Crippen molar-refractivity contribution in [2.45, 2.75) is 37.1 Å². The zero-order valence-electron chi connectivity index (χ0n) is 13.3. The lowest BCUT2D eigenvalue weighted by Gasteiger charge is -2.33. The van der Waals surface area contributed by atoms with E-state index in [0.29, 0.717) is 19.6 Å². The van der Waals surface area contributed by atoms with Gasteiger partial charge >= 0.3 is 5.97 Å². The Labute approximate surface area is 135 Å². The molecule has 1 atom stereocenters. The summed E-state index contributed by atoms with van der Waals surface area (Å²) >= 11 is 0. The van der Waals surface area contributed by atoms with Crippen molar-refractivity contribution in [2.75, 3.05) is 26.8 Å². The molecule has 8 nitrogen and oxygen atoms in total. The van der Waals surface area contributed by atoms with E-state index in [1.165, 1.54) is 7.05 Å². The van der Waals surface area contributed by atoms with Crippen molar-refractivity contribution < 1.29 is 32.2 Å². The normalized spacial score (nSPS) is 22.1. The minimum atomic E-state index is -3.95. The van der Waals surface area contributed by atoms with Gasteiger partial charge in [0.25, 0.3) is 10.0 Å². The Morgan fingerprint density at radius 2 is 2.22 bits per heavy atom. The molecule has 0 spiro atoms. The minimum Gasteiger partial charge on any atom is -0.478 e. The highest BCUT2D eigenvalue weighted by molar-refractivity contribution is 7.89. The van der Waals surface area contributed by atoms with Gasteiger partial charge in [0.1, 0.15) is 11.9 Å². The number of aromatic carboxylic acids is 1. The van der Waals surface area contributed by atoms with E-state index >= 15 is 0 Å². The van der Waals surface area contributed by atoms with Crippen molar-refractivity contribution in [2.24, 2.45) is 0 Å². The maximum atomic E-state index is 12.5. The molecule has 0 bridgehead atoms. The lowest BCUT2D eigenvalue weighted by Crippen LogP contribution is -2.47. The molecule has 23 heavy (non-hydrogen) atoms. The number of furan rings is 1. The first-order chi connectivity index (χ1) is 10.7. The number of carbonyl (C=O) groups is 1. The molecule has 0 amide bonds. The predicted octanol–water partition coefficient (Wildman–Crippen LogP) is 1.18. The second-order valence-electron chi connectivity index (χ2n) is 5.87. The van der Waals surface area contributed by atoms with Crippen LogP contribution >= 0.6 is 0 Å². The molecule has 9 heteroatoms. The first-order valence-electron chi connectivity index (χ1n) is 7.20. The summed E-state index contributed by atoms with van der Waals surface area (Å²) in [5, 5.41) is 8.46. The Hall–Kier alpha value is -1.42. The number of rotatable bonds is 7. The fraction of sp³-hybridized carbons (Fsp3) is 0.643. The van der Waals surface area contributed by atoms with Crippen LogP contribution in [0.15, 0.2) is 21.8 Å². The molecule has 1 N–H and O–H groups in total. The zero-order valence-corrected chi connectivity index (χ0v) is 14.1. The molecule has 1 aliphatic rings. The molecule has 2 rings (SSSR count). The van der Waals surface area contributed by atoms with Crippen molar-refractivity contribution in [3.63, 3.8) is 0 Å². The van der Waals surface area contributed by atoms with Gasteiger partial charge in [-0.05, 0) is 13.8 Å². The van der Waals surface area contributed by atoms with Crippen LogP contribution in [0.5, 0.6) is 0 Å². The third-order valence-corrected chi connectivity index (χ3v) is 5.22. The molecule has 1 saturated heterocycles. The van der Waals surface area contributed by atoms with Crippen molar-refractivity contribution in [3.8, 4) is 0 Å². The van der Waals surface area contributed by atoms with Crippen LogP contribution in [0.4, 0.5) is 0 Å². The molecule has 0 radical (unpaired) electrons. The van der Waals surface area contributed by atoms with Crippen molar-refractivity contribution in [1.29, 1.82) is 0 Å². The van der Waals surface area contributed by atoms with Crippen LogP contribution < -0.4 is 0 Å². The topological polar surface area (TPSA) is 106 Å². The van der Waals surface area contributed by atoms with E-state index in [1.54, 1.807) is 0 Å². The number of carboxylic acid groups (broad SMARTS) is 1. The van der Waals surface area contributed by atoms with E-state index in [4.69, 9.17) is 19.0 Å². The summed E-state index contributed by atoms with van der Waals surface area (Å²) in [5.41, 5.74) is -0.924. The quantitative estimate of drug-likeness (QED) is 0.789. The fourth-order valence-corrected chi connectivity index (χ4v) is 3.71. The Balaban J connectivity index is 2.19. The minimum absolute atomic E-state index is 0.0740. The largest absolute Gasteiger partial charge is 0.478 e. The van der Waals surface area contributed by atoms with E-state index in [-0.39, 0.29) is 18.2 Å². The van der Waals surface area contributed by atoms with Crippen LogP contribution in [0.25, 0.3) is 0 Å². The van der Waals surface area contributed by atoms with Gasteiger partial charge in [0.2, 0.25) is 5.09 Å². The number of nitrogens with zero attached hydrogens (tertiary/aromatic N) is 1. The SMILES string of the molecule is CC(C)OC1(CN(C)S(=O)(=O)c2cc(C(=O)O)co2)CCOC1. The fourth-order valence-electron chi connectivity index (χ4n) is 2.55. The van der Waals surface area contributed by atoms with Crippen LogP contribution in [0, 0.1) is 0 Å². The van der Waals surface area contributed by atoms with Gasteiger partial charge in [0, 0.05) is 32.7 Å². The van der Waals surface area contributed by atoms with E-state index < -0.39 is 26.7 Å². The lowest BCUT2D eigenvalue weighted by atomic mass is 10.0. The third-order valence-electron chi connectivity index (χ3n) is 3.55. The highest BCUT2D eigenvalue weighted by Gasteiger charge is 2.41. The first kappa shape index (κ1) is 17.9. The van der Waals surface area contributed by atoms with Crippen LogP contribution in [0.1, 0.15) is 30.6 Å². The Kier molecular flexibility index (Phi) is 5.14. The standard InChI is InChI=1S/C14H21NO7S/c1-10(2)22-14(4-5-20-9-14)8-15(3)23(18,19)12-6-11(7-21-12)13(16)17/h6-7,10H,4-5,8-9H2,1-3H3,(H,16,17). The Bertz CT molecular complexity index is 658. The van der Waals surface area contributed by atoms with Gasteiger partial charge in [-0.25, -0.2) is 13.2 Å². The highest BCUT2D eigenvalue weighted by Crippen LogP contribution is 2.28. The monoisotopic (exact) mass is 347 g/mol. The molecule has 2 heterocycles. The molecule has 130 valence electrons. The maximum Gasteiger partial charge on any atom is 0.339 e. The van der Waals surface area contributed by atoms with Crippen LogP contribution in [-0.2, 0) is 19.5 Å². The molecular weight excluding hydrogens is 326 g/mol. The number of hydrogen-bond donors (Lipinski definition) is 1. The Morgan fingerprint density at radius 1 is 1.52 bits per heavy atom. The molecule has 1 aliphatic heterocycles. The average molecular weight is 347 g/mol. The summed E-state index contributed by atoms with van der Waals surface area (Å²) in [6.07, 6.45) is 1.42. The summed E-state index contributed by atoms with van der Waals surface area (Å²) in [5.74, 6) is -1.25. The second-order valence-corrected chi connectivity index (χ2v) is 7.85. The van der Waals surface area contributed by atoms with E-state index in [9.17, 15) is 13.2 Å². The van der Waals surface area contributed by atoms with Crippen LogP contribution in [0.2, 0.25) is 0 Å². The zero-order chi connectivity index (χ0) is 17.3. The summed E-state index contributed by atoms with van der Waals surface area (Å²) in [6.45, 7) is 4.66. The van der Waals surface area contributed by atoms with E-state index in [2.05, 4.69) is 0 Å². The van der Waals surface area contributed by atoms with Gasteiger partial charge in [0.15, 0.2) is 0 Å². The summed E-state index contributed by atoms with van der Waals surface area (Å²) < 4.78 is 42.3. The molecule has 0 saturated carbocycles. The second kappa shape index (κ2) is 6.60. The molecule has 0 aromatic carbocycles. The van der Waals surface area contributed by atoms with E-state index in [1.807, 2.05) is 13.8 Å². The van der Waals surface area contributed by atoms with Gasteiger partial charge in [-0.3, -0.25) is 0 Å². The van der Waals surface area contributed by atoms with Gasteiger partial charge in [-0.15, -0.1) is 0 Å². The molecular formula is C14H21NO7S. The number of sulfonamides is 1. The highest BCUT2D eigenvalue weighted by atomic mass is 32.2. The summed E-state index contributed by atoms with van der Waals surface area (Å²) in [7, 11) is -2.54. The molecule has 1 unspecified atom stereocenters. The number of hydrogen-bond acceptors (Lipinski definition) is 6. The van der Waals surface area contributed by atoms with Gasteiger partial charge in [-0.2, -0.15) is 4.31 Å². The van der Waals surface area contributed by atoms with Crippen LogP contribution in [0.3, 0.4) is 0 Å². The lowest BCUT2D eigenvalue weighted by molar-refractivity contribution is -0.0873. The molecule has 1 fully saturated rings. The predicted molar refractivity (Wildman–Crippen MR) is 79.9 cm³/mol. The van der Waals surface area contributed by atoms with Crippen molar-refractivity contribution in [1.82, 2.24) is 4.31 Å². The smallest absolute Gasteiger partial charge is 0.339 e. The average Bonchev–Trinajstić information content (AvgIpc) is 3.07. The van der Waals surface area contributed by atoms with Crippen molar-refractivity contribution in [3.05, 3.63) is 17.9 Å². The van der Waals surface area contributed by atoms with Gasteiger partial charge in [-0.1, -0.05) is 0 Å². The van der Waals surface area contributed by atoms with Gasteiger partial charge in [0.05, 0.1) is 18.3 Å².